The number of nitrogens with zero attached hydrogens (tertiary/aromatic N) is 3. The van der Waals surface area contributed by atoms with Gasteiger partial charge in [-0.15, -0.1) is 0 Å². The van der Waals surface area contributed by atoms with E-state index in [1.54, 1.807) is 38.5 Å². The zero-order valence-corrected chi connectivity index (χ0v) is 17.8. The lowest BCUT2D eigenvalue weighted by Crippen LogP contribution is -2.30. The Labute approximate surface area is 182 Å². The average Bonchev–Trinajstić information content (AvgIpc) is 3.39. The summed E-state index contributed by atoms with van der Waals surface area (Å²) in [5, 5.41) is 14.8. The maximum absolute atomic E-state index is 14.1. The van der Waals surface area contributed by atoms with Crippen LogP contribution in [0.3, 0.4) is 0 Å². The van der Waals surface area contributed by atoms with Crippen molar-refractivity contribution in [2.75, 3.05) is 11.9 Å². The van der Waals surface area contributed by atoms with Gasteiger partial charge in [-0.2, -0.15) is 4.37 Å². The van der Waals surface area contributed by atoms with Crippen LogP contribution in [-0.2, 0) is 13.2 Å². The zero-order valence-electron chi connectivity index (χ0n) is 17.0. The molecule has 0 spiro atoms. The number of nitrogens with one attached hydrogen (secondary N) is 2. The fourth-order valence-electron chi connectivity index (χ4n) is 2.84. The van der Waals surface area contributed by atoms with E-state index in [9.17, 15) is 19.1 Å². The second-order valence-corrected chi connectivity index (χ2v) is 7.57. The molecule has 31 heavy (non-hydrogen) atoms. The highest BCUT2D eigenvalue weighted by atomic mass is 32.1. The minimum Gasteiger partial charge on any atom is -0.477 e. The van der Waals surface area contributed by atoms with E-state index in [0.717, 1.165) is 11.5 Å². The Morgan fingerprint density at radius 3 is 2.84 bits per heavy atom. The number of aryl methyl sites for hydroxylation is 2. The minimum atomic E-state index is -1.29. The van der Waals surface area contributed by atoms with Crippen LogP contribution in [-0.4, -0.2) is 37.6 Å². The molecule has 0 fully saturated rings. The van der Waals surface area contributed by atoms with Crippen molar-refractivity contribution in [3.63, 3.8) is 0 Å². The normalized spacial score (nSPS) is 10.7. The molecule has 2 amide bonds. The van der Waals surface area contributed by atoms with Crippen LogP contribution in [0.2, 0.25) is 0 Å². The van der Waals surface area contributed by atoms with E-state index >= 15 is 0 Å². The summed E-state index contributed by atoms with van der Waals surface area (Å²) in [6.45, 7) is 4.33. The van der Waals surface area contributed by atoms with Crippen molar-refractivity contribution in [3.05, 3.63) is 58.9 Å². The van der Waals surface area contributed by atoms with Gasteiger partial charge in [0.25, 0.3) is 0 Å². The lowest BCUT2D eigenvalue weighted by atomic mass is 10.1. The summed E-state index contributed by atoms with van der Waals surface area (Å²) in [4.78, 5) is 27.8. The Morgan fingerprint density at radius 2 is 2.13 bits per heavy atom. The van der Waals surface area contributed by atoms with Crippen molar-refractivity contribution in [3.8, 4) is 5.88 Å². The lowest BCUT2D eigenvalue weighted by molar-refractivity contribution is 0.0693. The Balaban J connectivity index is 1.59. The number of hydrogen-bond donors (Lipinski definition) is 3. The van der Waals surface area contributed by atoms with Crippen molar-refractivity contribution in [1.82, 2.24) is 19.2 Å². The van der Waals surface area contributed by atoms with Gasteiger partial charge in [-0.25, -0.2) is 19.0 Å². The molecule has 0 atom stereocenters. The summed E-state index contributed by atoms with van der Waals surface area (Å²) in [5.41, 5.74) is 1.28. The van der Waals surface area contributed by atoms with E-state index < -0.39 is 12.0 Å². The van der Waals surface area contributed by atoms with Crippen LogP contribution in [0.15, 0.2) is 30.9 Å². The second kappa shape index (κ2) is 10.0. The number of halogens is 1. The van der Waals surface area contributed by atoms with E-state index in [0.29, 0.717) is 36.2 Å². The van der Waals surface area contributed by atoms with Gasteiger partial charge >= 0.3 is 12.0 Å². The number of imidazole rings is 1. The van der Waals surface area contributed by atoms with Gasteiger partial charge in [-0.3, -0.25) is 5.32 Å². The molecule has 0 saturated carbocycles. The van der Waals surface area contributed by atoms with Gasteiger partial charge in [0.2, 0.25) is 5.88 Å². The van der Waals surface area contributed by atoms with Gasteiger partial charge in [0, 0.05) is 25.5 Å². The van der Waals surface area contributed by atoms with Crippen molar-refractivity contribution in [2.24, 2.45) is 0 Å². The third-order valence-electron chi connectivity index (χ3n) is 4.60. The van der Waals surface area contributed by atoms with E-state index in [4.69, 9.17) is 4.74 Å². The molecule has 0 aliphatic rings. The van der Waals surface area contributed by atoms with Gasteiger partial charge in [-0.05, 0) is 48.5 Å². The van der Waals surface area contributed by atoms with E-state index in [1.165, 1.54) is 0 Å². The first kappa shape index (κ1) is 22.2. The molecule has 3 aromatic rings. The summed E-state index contributed by atoms with van der Waals surface area (Å²) >= 11 is 0.801. The lowest BCUT2D eigenvalue weighted by Gasteiger charge is -2.10. The number of anilines is 1. The molecule has 0 bridgehead atoms. The van der Waals surface area contributed by atoms with Crippen LogP contribution in [0.25, 0.3) is 0 Å². The summed E-state index contributed by atoms with van der Waals surface area (Å²) in [7, 11) is 0. The summed E-state index contributed by atoms with van der Waals surface area (Å²) < 4.78 is 25.5. The number of carboxylic acids is 1. The second-order valence-electron chi connectivity index (χ2n) is 6.80. The maximum Gasteiger partial charge on any atom is 0.344 e. The Kier molecular flexibility index (Phi) is 7.19. The predicted molar refractivity (Wildman–Crippen MR) is 113 cm³/mol. The summed E-state index contributed by atoms with van der Waals surface area (Å²) in [6, 6.07) is 2.81. The molecule has 0 unspecified atom stereocenters. The number of benzene rings is 1. The monoisotopic (exact) mass is 447 g/mol. The topological polar surface area (TPSA) is 118 Å². The van der Waals surface area contributed by atoms with Crippen LogP contribution < -0.4 is 15.4 Å². The largest absolute Gasteiger partial charge is 0.477 e. The average molecular weight is 447 g/mol. The van der Waals surface area contributed by atoms with Gasteiger partial charge in [0.05, 0.1) is 6.33 Å². The quantitative estimate of drug-likeness (QED) is 0.432. The smallest absolute Gasteiger partial charge is 0.344 e. The molecule has 0 saturated heterocycles. The molecule has 0 radical (unpaired) electrons. The molecule has 2 aromatic heterocycles. The number of carbonyl (C=O) groups is 2. The molecule has 0 aliphatic heterocycles. The fourth-order valence-corrected chi connectivity index (χ4v) is 3.56. The SMILES string of the molecule is Cc1ccc(COc2nsc(NC(=O)NCCCn3ccnc3)c2C(=O)O)c(C)c1F. The number of carbonyl (C=O) groups excluding carboxylic acids is 1. The van der Waals surface area contributed by atoms with E-state index in [-0.39, 0.29) is 28.9 Å². The maximum atomic E-state index is 14.1. The molecule has 2 heterocycles. The molecule has 11 heteroatoms. The number of rotatable bonds is 9. The third-order valence-corrected chi connectivity index (χ3v) is 5.34. The first-order valence-corrected chi connectivity index (χ1v) is 10.2. The van der Waals surface area contributed by atoms with Crippen molar-refractivity contribution in [2.45, 2.75) is 33.4 Å². The number of amides is 2. The van der Waals surface area contributed by atoms with Gasteiger partial charge in [0.1, 0.15) is 17.4 Å². The number of aromatic nitrogens is 3. The highest BCUT2D eigenvalue weighted by Gasteiger charge is 2.23. The van der Waals surface area contributed by atoms with Crippen LogP contribution in [0, 0.1) is 19.7 Å². The molecule has 3 rings (SSSR count). The number of ether oxygens (including phenoxy) is 1. The Hall–Kier alpha value is -3.47. The first-order chi connectivity index (χ1) is 14.9. The number of carboxylic acid groups (broad SMARTS) is 1. The van der Waals surface area contributed by atoms with Crippen LogP contribution >= 0.6 is 11.5 Å². The van der Waals surface area contributed by atoms with E-state index in [1.807, 2.05) is 10.8 Å². The van der Waals surface area contributed by atoms with Crippen LogP contribution in [0.4, 0.5) is 14.2 Å². The number of urea groups is 1. The van der Waals surface area contributed by atoms with Crippen molar-refractivity contribution in [1.29, 1.82) is 0 Å². The fraction of sp³-hybridized carbons (Fsp3) is 0.300. The van der Waals surface area contributed by atoms with Crippen LogP contribution in [0.5, 0.6) is 5.88 Å². The Morgan fingerprint density at radius 1 is 1.32 bits per heavy atom. The minimum absolute atomic E-state index is 0.0487. The molecule has 3 N–H and O–H groups in total. The van der Waals surface area contributed by atoms with Gasteiger partial charge in [0.15, 0.2) is 5.56 Å². The zero-order chi connectivity index (χ0) is 22.4. The highest BCUT2D eigenvalue weighted by molar-refractivity contribution is 7.11. The van der Waals surface area contributed by atoms with Gasteiger partial charge < -0.3 is 19.7 Å². The summed E-state index contributed by atoms with van der Waals surface area (Å²) in [5.74, 6) is -1.75. The van der Waals surface area contributed by atoms with E-state index in [2.05, 4.69) is 20.0 Å². The number of aromatic carboxylic acids is 1. The first-order valence-electron chi connectivity index (χ1n) is 9.47. The van der Waals surface area contributed by atoms with Gasteiger partial charge in [-0.1, -0.05) is 12.1 Å². The predicted octanol–water partition coefficient (Wildman–Crippen LogP) is 3.58. The van der Waals surface area contributed by atoms with Crippen molar-refractivity contribution >= 4 is 28.5 Å². The van der Waals surface area contributed by atoms with Crippen LogP contribution in [0.1, 0.15) is 33.5 Å². The third kappa shape index (κ3) is 5.57. The van der Waals surface area contributed by atoms with Crippen molar-refractivity contribution < 1.29 is 23.8 Å². The number of hydrogen-bond acceptors (Lipinski definition) is 6. The molecule has 164 valence electrons. The molecule has 9 nitrogen and oxygen atoms in total. The highest BCUT2D eigenvalue weighted by Crippen LogP contribution is 2.31. The molecule has 1 aromatic carbocycles. The summed E-state index contributed by atoms with van der Waals surface area (Å²) in [6.07, 6.45) is 5.86. The standard InChI is InChI=1S/C20H22FN5O4S/c1-12-4-5-14(13(2)16(12)21)10-30-17-15(19(27)28)18(31-25-17)24-20(29)23-6-3-8-26-9-7-22-11-26/h4-5,7,9,11H,3,6,8,10H2,1-2H3,(H,27,28)(H2,23,24,29). The Bertz CT molecular complexity index is 1070. The molecular formula is C20H22FN5O4S. The molecular weight excluding hydrogens is 425 g/mol. The molecule has 0 aliphatic carbocycles.